The van der Waals surface area contributed by atoms with Crippen LogP contribution in [0.4, 0.5) is 4.39 Å². The van der Waals surface area contributed by atoms with Crippen LogP contribution in [0.25, 0.3) is 0 Å². The van der Waals surface area contributed by atoms with Crippen molar-refractivity contribution < 1.29 is 19.0 Å². The van der Waals surface area contributed by atoms with Crippen LogP contribution in [0.1, 0.15) is 18.4 Å². The van der Waals surface area contributed by atoms with Crippen LogP contribution in [0.3, 0.4) is 0 Å². The first kappa shape index (κ1) is 12.0. The third kappa shape index (κ3) is 2.47. The number of rotatable bonds is 3. The van der Waals surface area contributed by atoms with Crippen LogP contribution in [0.5, 0.6) is 0 Å². The van der Waals surface area contributed by atoms with E-state index in [1.807, 2.05) is 0 Å². The van der Waals surface area contributed by atoms with E-state index < -0.39 is 11.4 Å². The van der Waals surface area contributed by atoms with E-state index in [0.29, 0.717) is 25.0 Å². The minimum Gasteiger partial charge on any atom is -0.481 e. The summed E-state index contributed by atoms with van der Waals surface area (Å²) >= 11 is 0. The summed E-state index contributed by atoms with van der Waals surface area (Å²) in [4.78, 5) is 11.4. The Bertz CT molecular complexity index is 411. The first-order valence-electron chi connectivity index (χ1n) is 5.69. The molecule has 1 fully saturated rings. The van der Waals surface area contributed by atoms with Crippen molar-refractivity contribution in [3.63, 3.8) is 0 Å². The second-order valence-electron chi connectivity index (χ2n) is 4.51. The number of benzene rings is 1. The van der Waals surface area contributed by atoms with Gasteiger partial charge in [0.1, 0.15) is 5.82 Å². The molecule has 0 amide bonds. The van der Waals surface area contributed by atoms with E-state index in [9.17, 15) is 14.3 Å². The van der Waals surface area contributed by atoms with Gasteiger partial charge < -0.3 is 9.84 Å². The van der Waals surface area contributed by atoms with E-state index in [1.54, 1.807) is 18.2 Å². The van der Waals surface area contributed by atoms with Gasteiger partial charge in [-0.3, -0.25) is 4.79 Å². The number of hydrogen-bond donors (Lipinski definition) is 1. The maximum absolute atomic E-state index is 13.5. The highest BCUT2D eigenvalue weighted by atomic mass is 19.1. The van der Waals surface area contributed by atoms with Gasteiger partial charge in [-0.15, -0.1) is 0 Å². The Hall–Kier alpha value is -1.42. The summed E-state index contributed by atoms with van der Waals surface area (Å²) in [5.41, 5.74) is -0.527. The van der Waals surface area contributed by atoms with Crippen molar-refractivity contribution in [2.24, 2.45) is 5.41 Å². The van der Waals surface area contributed by atoms with Crippen molar-refractivity contribution in [3.05, 3.63) is 35.6 Å². The Morgan fingerprint density at radius 1 is 1.47 bits per heavy atom. The van der Waals surface area contributed by atoms with E-state index in [4.69, 9.17) is 4.74 Å². The summed E-state index contributed by atoms with van der Waals surface area (Å²) in [6, 6.07) is 6.31. The second kappa shape index (κ2) is 4.84. The Morgan fingerprint density at radius 3 is 2.82 bits per heavy atom. The van der Waals surface area contributed by atoms with Crippen molar-refractivity contribution in [1.82, 2.24) is 0 Å². The van der Waals surface area contributed by atoms with E-state index >= 15 is 0 Å². The van der Waals surface area contributed by atoms with Gasteiger partial charge in [0.05, 0.1) is 12.0 Å². The van der Waals surface area contributed by atoms with Crippen molar-refractivity contribution in [2.45, 2.75) is 19.3 Å². The fraction of sp³-hybridized carbons (Fsp3) is 0.462. The maximum atomic E-state index is 13.5. The average Bonchev–Trinajstić information content (AvgIpc) is 2.33. The number of carboxylic acid groups (broad SMARTS) is 1. The summed E-state index contributed by atoms with van der Waals surface area (Å²) in [5, 5.41) is 9.34. The quantitative estimate of drug-likeness (QED) is 0.878. The molecule has 1 aromatic rings. The van der Waals surface area contributed by atoms with Gasteiger partial charge in [0.2, 0.25) is 0 Å². The lowest BCUT2D eigenvalue weighted by atomic mass is 9.77. The molecule has 0 bridgehead atoms. The fourth-order valence-corrected chi connectivity index (χ4v) is 2.24. The third-order valence-electron chi connectivity index (χ3n) is 3.26. The molecule has 1 atom stereocenters. The number of hydrogen-bond acceptors (Lipinski definition) is 2. The Kier molecular flexibility index (Phi) is 3.43. The second-order valence-corrected chi connectivity index (χ2v) is 4.51. The lowest BCUT2D eigenvalue weighted by Crippen LogP contribution is -2.41. The first-order valence-corrected chi connectivity index (χ1v) is 5.69. The minimum atomic E-state index is -0.972. The van der Waals surface area contributed by atoms with Crippen molar-refractivity contribution >= 4 is 5.97 Å². The summed E-state index contributed by atoms with van der Waals surface area (Å²) in [5.74, 6) is -1.25. The zero-order valence-electron chi connectivity index (χ0n) is 9.49. The molecule has 1 unspecified atom stereocenters. The highest BCUT2D eigenvalue weighted by Crippen LogP contribution is 2.33. The maximum Gasteiger partial charge on any atom is 0.312 e. The standard InChI is InChI=1S/C13H15FO3/c14-11-5-2-1-4-10(11)8-13(12(15)16)6-3-7-17-9-13/h1-2,4-5H,3,6-9H2,(H,15,16). The van der Waals surface area contributed by atoms with Gasteiger partial charge in [-0.05, 0) is 30.9 Å². The van der Waals surface area contributed by atoms with Crippen LogP contribution in [0.2, 0.25) is 0 Å². The van der Waals surface area contributed by atoms with E-state index in [1.165, 1.54) is 6.07 Å². The van der Waals surface area contributed by atoms with Crippen LogP contribution in [-0.4, -0.2) is 24.3 Å². The molecular formula is C13H15FO3. The average molecular weight is 238 g/mol. The summed E-state index contributed by atoms with van der Waals surface area (Å²) in [6.45, 7) is 0.753. The molecular weight excluding hydrogens is 223 g/mol. The molecule has 1 heterocycles. The molecule has 0 saturated carbocycles. The van der Waals surface area contributed by atoms with Crippen molar-refractivity contribution in [2.75, 3.05) is 13.2 Å². The zero-order valence-corrected chi connectivity index (χ0v) is 9.49. The van der Waals surface area contributed by atoms with Gasteiger partial charge in [-0.1, -0.05) is 18.2 Å². The van der Waals surface area contributed by atoms with Crippen molar-refractivity contribution in [1.29, 1.82) is 0 Å². The van der Waals surface area contributed by atoms with Gasteiger partial charge in [-0.2, -0.15) is 0 Å². The number of aliphatic carboxylic acids is 1. The Balaban J connectivity index is 2.24. The molecule has 0 spiro atoms. The number of carboxylic acids is 1. The largest absolute Gasteiger partial charge is 0.481 e. The van der Waals surface area contributed by atoms with Gasteiger partial charge in [0.25, 0.3) is 0 Å². The van der Waals surface area contributed by atoms with Crippen molar-refractivity contribution in [3.8, 4) is 0 Å². The lowest BCUT2D eigenvalue weighted by Gasteiger charge is -2.33. The number of halogens is 1. The van der Waals surface area contributed by atoms with Crippen LogP contribution in [0, 0.1) is 11.2 Å². The van der Waals surface area contributed by atoms with E-state index in [2.05, 4.69) is 0 Å². The molecule has 1 aliphatic heterocycles. The molecule has 17 heavy (non-hydrogen) atoms. The molecule has 0 radical (unpaired) electrons. The molecule has 0 aromatic heterocycles. The van der Waals surface area contributed by atoms with E-state index in [-0.39, 0.29) is 18.8 Å². The Labute approximate surface area is 99.2 Å². The Morgan fingerprint density at radius 2 is 2.24 bits per heavy atom. The smallest absolute Gasteiger partial charge is 0.312 e. The molecule has 1 saturated heterocycles. The molecule has 0 aliphatic carbocycles. The molecule has 1 N–H and O–H groups in total. The molecule has 3 nitrogen and oxygen atoms in total. The predicted octanol–water partition coefficient (Wildman–Crippen LogP) is 2.25. The van der Waals surface area contributed by atoms with Crippen LogP contribution in [0.15, 0.2) is 24.3 Å². The zero-order chi connectivity index (χ0) is 12.3. The van der Waals surface area contributed by atoms with Crippen LogP contribution < -0.4 is 0 Å². The number of carbonyl (C=O) groups is 1. The van der Waals surface area contributed by atoms with Gasteiger partial charge >= 0.3 is 5.97 Å². The molecule has 4 heteroatoms. The normalized spacial score (nSPS) is 24.5. The summed E-state index contributed by atoms with van der Waals surface area (Å²) < 4.78 is 18.8. The van der Waals surface area contributed by atoms with E-state index in [0.717, 1.165) is 0 Å². The van der Waals surface area contributed by atoms with Gasteiger partial charge in [0.15, 0.2) is 0 Å². The summed E-state index contributed by atoms with van der Waals surface area (Å²) in [7, 11) is 0. The monoisotopic (exact) mass is 238 g/mol. The highest BCUT2D eigenvalue weighted by Gasteiger charge is 2.41. The SMILES string of the molecule is O=C(O)C1(Cc2ccccc2F)CCCOC1. The van der Waals surface area contributed by atoms with Crippen LogP contribution >= 0.6 is 0 Å². The molecule has 2 rings (SSSR count). The molecule has 92 valence electrons. The van der Waals surface area contributed by atoms with Gasteiger partial charge in [0, 0.05) is 6.61 Å². The lowest BCUT2D eigenvalue weighted by molar-refractivity contribution is -0.157. The predicted molar refractivity (Wildman–Crippen MR) is 60.2 cm³/mol. The minimum absolute atomic E-state index is 0.163. The molecule has 1 aliphatic rings. The number of ether oxygens (including phenoxy) is 1. The third-order valence-corrected chi connectivity index (χ3v) is 3.26. The highest BCUT2D eigenvalue weighted by molar-refractivity contribution is 5.75. The van der Waals surface area contributed by atoms with Gasteiger partial charge in [-0.25, -0.2) is 4.39 Å². The fourth-order valence-electron chi connectivity index (χ4n) is 2.24. The topological polar surface area (TPSA) is 46.5 Å². The van der Waals surface area contributed by atoms with Crippen LogP contribution in [-0.2, 0) is 16.0 Å². The molecule has 1 aromatic carbocycles. The summed E-state index contributed by atoms with van der Waals surface area (Å²) in [6.07, 6.45) is 1.44. The first-order chi connectivity index (χ1) is 8.14.